The highest BCUT2D eigenvalue weighted by Gasteiger charge is 2.24. The van der Waals surface area contributed by atoms with Crippen LogP contribution in [0.2, 0.25) is 0 Å². The molecule has 2 unspecified atom stereocenters. The first kappa shape index (κ1) is 21.7. The lowest BCUT2D eigenvalue weighted by Gasteiger charge is -2.29. The average molecular weight is 419 g/mol. The number of esters is 1. The second-order valence-corrected chi connectivity index (χ2v) is 8.90. The van der Waals surface area contributed by atoms with Crippen molar-refractivity contribution in [3.05, 3.63) is 29.8 Å². The zero-order valence-corrected chi connectivity index (χ0v) is 17.8. The molecule has 0 spiro atoms. The summed E-state index contributed by atoms with van der Waals surface area (Å²) in [6.45, 7) is 3.50. The van der Waals surface area contributed by atoms with Crippen molar-refractivity contribution in [1.29, 1.82) is 0 Å². The van der Waals surface area contributed by atoms with Crippen molar-refractivity contribution in [2.45, 2.75) is 56.4 Å². The summed E-state index contributed by atoms with van der Waals surface area (Å²) in [6, 6.07) is 7.23. The van der Waals surface area contributed by atoms with Crippen LogP contribution in [-0.4, -0.2) is 54.2 Å². The molecule has 2 atom stereocenters. The van der Waals surface area contributed by atoms with E-state index >= 15 is 0 Å². The van der Waals surface area contributed by atoms with E-state index in [1.165, 1.54) is 18.2 Å². The number of nitrogens with zero attached hydrogens (tertiary/aromatic N) is 1. The number of likely N-dealkylation sites (tertiary alicyclic amines) is 1. The number of hydrogen-bond donors (Lipinski definition) is 1. The summed E-state index contributed by atoms with van der Waals surface area (Å²) in [4.78, 5) is 39.5. The van der Waals surface area contributed by atoms with Crippen molar-refractivity contribution >= 4 is 29.5 Å². The maximum absolute atomic E-state index is 12.5. The summed E-state index contributed by atoms with van der Waals surface area (Å²) in [6.07, 6.45) is 6.53. The number of ether oxygens (including phenoxy) is 1. The predicted octanol–water partition coefficient (Wildman–Crippen LogP) is 3.25. The first-order valence-electron chi connectivity index (χ1n) is 10.5. The lowest BCUT2D eigenvalue weighted by atomic mass is 9.86. The molecule has 2 fully saturated rings. The predicted molar refractivity (Wildman–Crippen MR) is 113 cm³/mol. The molecule has 2 aliphatic rings. The van der Waals surface area contributed by atoms with Gasteiger partial charge in [0.25, 0.3) is 5.91 Å². The highest BCUT2D eigenvalue weighted by atomic mass is 32.2. The summed E-state index contributed by atoms with van der Waals surface area (Å²) in [5, 5.41) is 2.99. The number of carbonyl (C=O) groups is 3. The highest BCUT2D eigenvalue weighted by molar-refractivity contribution is 8.00. The maximum atomic E-state index is 12.5. The maximum Gasteiger partial charge on any atom is 0.339 e. The Balaban J connectivity index is 1.49. The van der Waals surface area contributed by atoms with Crippen molar-refractivity contribution in [2.75, 3.05) is 25.4 Å². The Kier molecular flexibility index (Phi) is 7.98. The van der Waals surface area contributed by atoms with Crippen LogP contribution in [0.1, 0.15) is 55.8 Å². The van der Waals surface area contributed by atoms with Crippen LogP contribution < -0.4 is 5.32 Å². The topological polar surface area (TPSA) is 75.7 Å². The van der Waals surface area contributed by atoms with E-state index in [-0.39, 0.29) is 24.5 Å². The minimum absolute atomic E-state index is 0.0941. The Morgan fingerprint density at radius 1 is 1.10 bits per heavy atom. The summed E-state index contributed by atoms with van der Waals surface area (Å²) in [7, 11) is 0. The zero-order chi connectivity index (χ0) is 20.6. The van der Waals surface area contributed by atoms with E-state index in [1.54, 1.807) is 12.1 Å². The van der Waals surface area contributed by atoms with Crippen molar-refractivity contribution in [2.24, 2.45) is 5.92 Å². The fourth-order valence-electron chi connectivity index (χ4n) is 3.95. The molecular weight excluding hydrogens is 388 g/mol. The number of thioether (sulfide) groups is 1. The lowest BCUT2D eigenvalue weighted by Crippen LogP contribution is -2.42. The van der Waals surface area contributed by atoms with Gasteiger partial charge in [0.05, 0.1) is 11.3 Å². The summed E-state index contributed by atoms with van der Waals surface area (Å²) in [5.41, 5.74) is 0.394. The molecule has 0 radical (unpaired) electrons. The highest BCUT2D eigenvalue weighted by Crippen LogP contribution is 2.25. The minimum Gasteiger partial charge on any atom is -0.452 e. The van der Waals surface area contributed by atoms with Crippen LogP contribution in [0.15, 0.2) is 29.2 Å². The van der Waals surface area contributed by atoms with Gasteiger partial charge in [-0.15, -0.1) is 11.8 Å². The summed E-state index contributed by atoms with van der Waals surface area (Å²) < 4.78 is 5.25. The molecular formula is C22H30N2O4S. The third-order valence-electron chi connectivity index (χ3n) is 5.71. The molecule has 0 bridgehead atoms. The van der Waals surface area contributed by atoms with E-state index in [0.717, 1.165) is 45.2 Å². The number of rotatable bonds is 7. The van der Waals surface area contributed by atoms with Crippen LogP contribution in [0.5, 0.6) is 0 Å². The smallest absolute Gasteiger partial charge is 0.339 e. The van der Waals surface area contributed by atoms with Crippen LogP contribution >= 0.6 is 11.8 Å². The van der Waals surface area contributed by atoms with Gasteiger partial charge in [-0.25, -0.2) is 4.79 Å². The van der Waals surface area contributed by atoms with E-state index in [1.807, 2.05) is 17.0 Å². The standard InChI is InChI=1S/C22H30N2O4S/c1-16-8-2-4-10-18(16)23-20(25)14-28-22(27)17-9-3-5-11-19(17)29-15-21(26)24-12-6-7-13-24/h3,5,9,11,16,18H,2,4,6-8,10,12-15H2,1H3,(H,23,25). The molecule has 1 aromatic carbocycles. The third-order valence-corrected chi connectivity index (χ3v) is 6.77. The molecule has 1 saturated heterocycles. The minimum atomic E-state index is -0.534. The Hall–Kier alpha value is -2.02. The molecule has 1 saturated carbocycles. The molecule has 1 heterocycles. The number of benzene rings is 1. The number of nitrogens with one attached hydrogen (secondary N) is 1. The molecule has 2 amide bonds. The van der Waals surface area contributed by atoms with Crippen molar-refractivity contribution in [3.63, 3.8) is 0 Å². The van der Waals surface area contributed by atoms with Crippen LogP contribution in [0, 0.1) is 5.92 Å². The largest absolute Gasteiger partial charge is 0.452 e. The van der Waals surface area contributed by atoms with E-state index < -0.39 is 5.97 Å². The lowest BCUT2D eigenvalue weighted by molar-refractivity contribution is -0.127. The van der Waals surface area contributed by atoms with Crippen molar-refractivity contribution in [1.82, 2.24) is 10.2 Å². The fourth-order valence-corrected chi connectivity index (χ4v) is 4.89. The molecule has 1 aliphatic heterocycles. The number of hydrogen-bond acceptors (Lipinski definition) is 5. The van der Waals surface area contributed by atoms with Crippen LogP contribution in [0.25, 0.3) is 0 Å². The first-order valence-corrected chi connectivity index (χ1v) is 11.5. The molecule has 6 nitrogen and oxygen atoms in total. The van der Waals surface area contributed by atoms with Crippen LogP contribution in [0.3, 0.4) is 0 Å². The van der Waals surface area contributed by atoms with Gasteiger partial charge in [0, 0.05) is 24.0 Å². The van der Waals surface area contributed by atoms with E-state index in [9.17, 15) is 14.4 Å². The van der Waals surface area contributed by atoms with Gasteiger partial charge in [0.15, 0.2) is 6.61 Å². The van der Waals surface area contributed by atoms with Crippen molar-refractivity contribution in [3.8, 4) is 0 Å². The van der Waals surface area contributed by atoms with E-state index in [2.05, 4.69) is 12.2 Å². The Morgan fingerprint density at radius 2 is 1.83 bits per heavy atom. The van der Waals surface area contributed by atoms with Gasteiger partial charge in [-0.3, -0.25) is 9.59 Å². The molecule has 1 N–H and O–H groups in total. The molecule has 29 heavy (non-hydrogen) atoms. The second kappa shape index (κ2) is 10.7. The normalized spacial score (nSPS) is 21.6. The number of amides is 2. The molecule has 1 aliphatic carbocycles. The zero-order valence-electron chi connectivity index (χ0n) is 17.0. The summed E-state index contributed by atoms with van der Waals surface area (Å²) in [5.74, 6) is 0.0509. The van der Waals surface area contributed by atoms with Gasteiger partial charge in [-0.2, -0.15) is 0 Å². The Labute approximate surface area is 176 Å². The van der Waals surface area contributed by atoms with Crippen LogP contribution in [-0.2, 0) is 14.3 Å². The van der Waals surface area contributed by atoms with Gasteiger partial charge in [0.2, 0.25) is 5.91 Å². The first-order chi connectivity index (χ1) is 14.0. The fraction of sp³-hybridized carbons (Fsp3) is 0.591. The van der Waals surface area contributed by atoms with Gasteiger partial charge >= 0.3 is 5.97 Å². The molecule has 158 valence electrons. The van der Waals surface area contributed by atoms with E-state index in [0.29, 0.717) is 22.1 Å². The summed E-state index contributed by atoms with van der Waals surface area (Å²) >= 11 is 1.34. The van der Waals surface area contributed by atoms with Gasteiger partial charge < -0.3 is 15.0 Å². The number of carbonyl (C=O) groups excluding carboxylic acids is 3. The molecule has 0 aromatic heterocycles. The Morgan fingerprint density at radius 3 is 2.59 bits per heavy atom. The molecule has 3 rings (SSSR count). The van der Waals surface area contributed by atoms with Gasteiger partial charge in [-0.1, -0.05) is 31.9 Å². The van der Waals surface area contributed by atoms with Crippen molar-refractivity contribution < 1.29 is 19.1 Å². The van der Waals surface area contributed by atoms with Gasteiger partial charge in [-0.05, 0) is 43.7 Å². The molecule has 1 aromatic rings. The van der Waals surface area contributed by atoms with Gasteiger partial charge in [0.1, 0.15) is 0 Å². The van der Waals surface area contributed by atoms with Crippen LogP contribution in [0.4, 0.5) is 0 Å². The van der Waals surface area contributed by atoms with E-state index in [4.69, 9.17) is 4.74 Å². The quantitative estimate of drug-likeness (QED) is 0.543. The Bertz CT molecular complexity index is 733. The monoisotopic (exact) mass is 418 g/mol. The third kappa shape index (κ3) is 6.23. The average Bonchev–Trinajstić information content (AvgIpc) is 3.27. The SMILES string of the molecule is CC1CCCCC1NC(=O)COC(=O)c1ccccc1SCC(=O)N1CCCC1. The molecule has 7 heteroatoms. The second-order valence-electron chi connectivity index (χ2n) is 7.88.